The van der Waals surface area contributed by atoms with E-state index < -0.39 is 0 Å². The summed E-state index contributed by atoms with van der Waals surface area (Å²) in [5.41, 5.74) is 5.04. The second kappa shape index (κ2) is 7.43. The van der Waals surface area contributed by atoms with E-state index in [0.29, 0.717) is 17.9 Å². The molecule has 5 rings (SSSR count). The van der Waals surface area contributed by atoms with Gasteiger partial charge in [0, 0.05) is 11.9 Å². The van der Waals surface area contributed by atoms with Crippen molar-refractivity contribution in [3.63, 3.8) is 0 Å². The monoisotopic (exact) mass is 397 g/mol. The van der Waals surface area contributed by atoms with Crippen LogP contribution < -0.4 is 4.90 Å². The Bertz CT molecular complexity index is 1240. The average Bonchev–Trinajstić information content (AvgIpc) is 2.77. The van der Waals surface area contributed by atoms with E-state index in [1.54, 1.807) is 12.1 Å². The summed E-state index contributed by atoms with van der Waals surface area (Å²) in [4.78, 5) is 11.8. The molecule has 0 fully saturated rings. The quantitative estimate of drug-likeness (QED) is 0.541. The third kappa shape index (κ3) is 3.17. The number of anilines is 1. The summed E-state index contributed by atoms with van der Waals surface area (Å²) in [6.07, 6.45) is 0.760. The Balaban J connectivity index is 1.72. The molecule has 30 heavy (non-hydrogen) atoms. The number of aryl methyl sites for hydroxylation is 1. The second-order valence-electron chi connectivity index (χ2n) is 7.85. The zero-order chi connectivity index (χ0) is 20.7. The molecular formula is C25H23N3O2. The SMILES string of the molecule is Cc1ccc2c(N3Cc4ccccc4C[C@H]3CO)nc(-c3ccccc3O)nc2c1. The van der Waals surface area contributed by atoms with Gasteiger partial charge in [-0.3, -0.25) is 0 Å². The summed E-state index contributed by atoms with van der Waals surface area (Å²) in [6.45, 7) is 2.74. The van der Waals surface area contributed by atoms with Gasteiger partial charge < -0.3 is 15.1 Å². The van der Waals surface area contributed by atoms with E-state index in [1.165, 1.54) is 11.1 Å². The number of hydrogen-bond donors (Lipinski definition) is 2. The molecular weight excluding hydrogens is 374 g/mol. The lowest BCUT2D eigenvalue weighted by molar-refractivity contribution is 0.253. The molecule has 3 aromatic carbocycles. The standard InChI is InChI=1S/C25H23N3O2/c1-16-10-11-20-22(12-16)26-24(21-8-4-5-9-23(21)30)27-25(20)28-14-18-7-3-2-6-17(18)13-19(28)15-29/h2-12,19,29-30H,13-15H2,1H3/t19-/m0/s1. The summed E-state index contributed by atoms with van der Waals surface area (Å²) in [6, 6.07) is 21.5. The van der Waals surface area contributed by atoms with Crippen molar-refractivity contribution in [2.45, 2.75) is 25.9 Å². The van der Waals surface area contributed by atoms with Crippen LogP contribution in [0.25, 0.3) is 22.3 Å². The van der Waals surface area contributed by atoms with Crippen LogP contribution in [-0.4, -0.2) is 32.8 Å². The highest BCUT2D eigenvalue weighted by Crippen LogP contribution is 2.35. The predicted octanol–water partition coefficient (Wildman–Crippen LogP) is 4.23. The molecule has 0 amide bonds. The number of hydrogen-bond acceptors (Lipinski definition) is 5. The maximum atomic E-state index is 10.4. The first kappa shape index (κ1) is 18.6. The molecule has 0 radical (unpaired) electrons. The Hall–Kier alpha value is -3.44. The molecule has 150 valence electrons. The lowest BCUT2D eigenvalue weighted by atomic mass is 9.94. The van der Waals surface area contributed by atoms with Crippen molar-refractivity contribution >= 4 is 16.7 Å². The van der Waals surface area contributed by atoms with Crippen LogP contribution in [-0.2, 0) is 13.0 Å². The van der Waals surface area contributed by atoms with E-state index >= 15 is 0 Å². The second-order valence-corrected chi connectivity index (χ2v) is 7.85. The van der Waals surface area contributed by atoms with Gasteiger partial charge in [0.05, 0.1) is 23.7 Å². The van der Waals surface area contributed by atoms with Crippen LogP contribution in [0, 0.1) is 6.92 Å². The Morgan fingerprint density at radius 3 is 2.53 bits per heavy atom. The van der Waals surface area contributed by atoms with Crippen LogP contribution >= 0.6 is 0 Å². The van der Waals surface area contributed by atoms with Gasteiger partial charge in [-0.2, -0.15) is 0 Å². The van der Waals surface area contributed by atoms with E-state index in [0.717, 1.165) is 28.7 Å². The van der Waals surface area contributed by atoms with Crippen LogP contribution in [0.4, 0.5) is 5.82 Å². The summed E-state index contributed by atoms with van der Waals surface area (Å²) in [5, 5.41) is 21.5. The number of aliphatic hydroxyl groups excluding tert-OH is 1. The van der Waals surface area contributed by atoms with Crippen molar-refractivity contribution in [1.82, 2.24) is 9.97 Å². The minimum atomic E-state index is -0.0727. The van der Waals surface area contributed by atoms with Gasteiger partial charge in [-0.1, -0.05) is 42.5 Å². The molecule has 4 aromatic rings. The number of aromatic nitrogens is 2. The summed E-state index contributed by atoms with van der Waals surface area (Å²) < 4.78 is 0. The zero-order valence-corrected chi connectivity index (χ0v) is 16.8. The summed E-state index contributed by atoms with van der Waals surface area (Å²) in [7, 11) is 0. The molecule has 1 atom stereocenters. The highest BCUT2D eigenvalue weighted by Gasteiger charge is 2.28. The molecule has 0 aliphatic carbocycles. The summed E-state index contributed by atoms with van der Waals surface area (Å²) >= 11 is 0. The Morgan fingerprint density at radius 2 is 1.73 bits per heavy atom. The Morgan fingerprint density at radius 1 is 0.967 bits per heavy atom. The molecule has 0 bridgehead atoms. The molecule has 2 heterocycles. The normalized spacial score (nSPS) is 15.9. The van der Waals surface area contributed by atoms with E-state index in [4.69, 9.17) is 9.97 Å². The minimum absolute atomic E-state index is 0.0393. The first-order valence-electron chi connectivity index (χ1n) is 10.1. The molecule has 2 N–H and O–H groups in total. The molecule has 0 spiro atoms. The van der Waals surface area contributed by atoms with Gasteiger partial charge in [-0.25, -0.2) is 9.97 Å². The zero-order valence-electron chi connectivity index (χ0n) is 16.8. The third-order valence-corrected chi connectivity index (χ3v) is 5.82. The highest BCUT2D eigenvalue weighted by molar-refractivity contribution is 5.92. The van der Waals surface area contributed by atoms with E-state index in [2.05, 4.69) is 23.1 Å². The molecule has 1 aliphatic rings. The fraction of sp³-hybridized carbons (Fsp3) is 0.200. The van der Waals surface area contributed by atoms with E-state index in [-0.39, 0.29) is 18.4 Å². The number of benzene rings is 3. The van der Waals surface area contributed by atoms with Gasteiger partial charge in [0.15, 0.2) is 5.82 Å². The van der Waals surface area contributed by atoms with Gasteiger partial charge in [0.2, 0.25) is 0 Å². The fourth-order valence-electron chi connectivity index (χ4n) is 4.22. The number of aromatic hydroxyl groups is 1. The number of fused-ring (bicyclic) bond motifs is 2. The average molecular weight is 397 g/mol. The maximum Gasteiger partial charge on any atom is 0.165 e. The number of rotatable bonds is 3. The molecule has 0 unspecified atom stereocenters. The van der Waals surface area contributed by atoms with Gasteiger partial charge in [0.1, 0.15) is 11.6 Å². The largest absolute Gasteiger partial charge is 0.507 e. The van der Waals surface area contributed by atoms with Crippen molar-refractivity contribution in [1.29, 1.82) is 0 Å². The third-order valence-electron chi connectivity index (χ3n) is 5.82. The molecule has 5 nitrogen and oxygen atoms in total. The van der Waals surface area contributed by atoms with Crippen molar-refractivity contribution in [2.75, 3.05) is 11.5 Å². The fourth-order valence-corrected chi connectivity index (χ4v) is 4.22. The van der Waals surface area contributed by atoms with Crippen molar-refractivity contribution < 1.29 is 10.2 Å². The molecule has 0 saturated heterocycles. The van der Waals surface area contributed by atoms with E-state index in [9.17, 15) is 10.2 Å². The topological polar surface area (TPSA) is 69.5 Å². The van der Waals surface area contributed by atoms with Crippen molar-refractivity contribution in [3.8, 4) is 17.1 Å². The molecule has 5 heteroatoms. The first-order valence-corrected chi connectivity index (χ1v) is 10.1. The maximum absolute atomic E-state index is 10.4. The number of phenolic OH excluding ortho intramolecular Hbond substituents is 1. The number of aliphatic hydroxyl groups is 1. The molecule has 1 aliphatic heterocycles. The van der Waals surface area contributed by atoms with Crippen molar-refractivity contribution in [2.24, 2.45) is 0 Å². The number of para-hydroxylation sites is 1. The van der Waals surface area contributed by atoms with Crippen LogP contribution in [0.2, 0.25) is 0 Å². The predicted molar refractivity (Wildman–Crippen MR) is 119 cm³/mol. The van der Waals surface area contributed by atoms with Crippen LogP contribution in [0.3, 0.4) is 0 Å². The Kier molecular flexibility index (Phi) is 4.60. The lowest BCUT2D eigenvalue weighted by Crippen LogP contribution is -2.43. The van der Waals surface area contributed by atoms with E-state index in [1.807, 2.05) is 43.3 Å². The number of phenols is 1. The van der Waals surface area contributed by atoms with Crippen molar-refractivity contribution in [3.05, 3.63) is 83.4 Å². The van der Waals surface area contributed by atoms with Crippen LogP contribution in [0.1, 0.15) is 16.7 Å². The first-order chi connectivity index (χ1) is 14.6. The van der Waals surface area contributed by atoms with Gasteiger partial charge in [-0.05, 0) is 54.3 Å². The van der Waals surface area contributed by atoms with Gasteiger partial charge in [-0.15, -0.1) is 0 Å². The minimum Gasteiger partial charge on any atom is -0.507 e. The van der Waals surface area contributed by atoms with Crippen LogP contribution in [0.5, 0.6) is 5.75 Å². The highest BCUT2D eigenvalue weighted by atomic mass is 16.3. The smallest absolute Gasteiger partial charge is 0.165 e. The molecule has 0 saturated carbocycles. The van der Waals surface area contributed by atoms with Gasteiger partial charge >= 0.3 is 0 Å². The Labute approximate surface area is 175 Å². The number of nitrogens with zero attached hydrogens (tertiary/aromatic N) is 3. The van der Waals surface area contributed by atoms with Gasteiger partial charge in [0.25, 0.3) is 0 Å². The summed E-state index contributed by atoms with van der Waals surface area (Å²) in [5.74, 6) is 1.42. The van der Waals surface area contributed by atoms with Crippen LogP contribution in [0.15, 0.2) is 66.7 Å². The lowest BCUT2D eigenvalue weighted by Gasteiger charge is -2.37. The molecule has 1 aromatic heterocycles.